The van der Waals surface area contributed by atoms with Crippen molar-refractivity contribution in [3.8, 4) is 0 Å². The molecular formula is C15H22F9NO. The molecular weight excluding hydrogens is 381 g/mol. The SMILES string of the molecule is CCCCCN(CCCCC)C(=O)C(F)(F)C(F)(F)C(F)(F)C(F)(F)F. The monoisotopic (exact) mass is 403 g/mol. The summed E-state index contributed by atoms with van der Waals surface area (Å²) in [4.78, 5) is 12.0. The van der Waals surface area contributed by atoms with Gasteiger partial charge in [-0.2, -0.15) is 39.5 Å². The van der Waals surface area contributed by atoms with E-state index >= 15 is 0 Å². The number of alkyl halides is 9. The Morgan fingerprint density at radius 1 is 0.692 bits per heavy atom. The van der Waals surface area contributed by atoms with E-state index in [-0.39, 0.29) is 17.7 Å². The predicted molar refractivity (Wildman–Crippen MR) is 76.5 cm³/mol. The van der Waals surface area contributed by atoms with E-state index in [4.69, 9.17) is 0 Å². The second-order valence-corrected chi connectivity index (χ2v) is 5.93. The van der Waals surface area contributed by atoms with Crippen LogP contribution in [-0.2, 0) is 4.79 Å². The van der Waals surface area contributed by atoms with Crippen LogP contribution in [0.15, 0.2) is 0 Å². The highest BCUT2D eigenvalue weighted by atomic mass is 19.4. The summed E-state index contributed by atoms with van der Waals surface area (Å²) in [7, 11) is 0. The van der Waals surface area contributed by atoms with Gasteiger partial charge in [0.05, 0.1) is 0 Å². The molecule has 0 rings (SSSR count). The van der Waals surface area contributed by atoms with Gasteiger partial charge in [0, 0.05) is 13.1 Å². The molecule has 156 valence electrons. The summed E-state index contributed by atoms with van der Waals surface area (Å²) < 4.78 is 117. The second kappa shape index (κ2) is 9.16. The summed E-state index contributed by atoms with van der Waals surface area (Å²) >= 11 is 0. The van der Waals surface area contributed by atoms with Crippen LogP contribution in [0.2, 0.25) is 0 Å². The number of carbonyl (C=O) groups is 1. The molecule has 0 fully saturated rings. The maximum atomic E-state index is 13.8. The lowest BCUT2D eigenvalue weighted by Crippen LogP contribution is -2.65. The molecule has 2 nitrogen and oxygen atoms in total. The molecule has 0 aliphatic rings. The average molecular weight is 403 g/mol. The van der Waals surface area contributed by atoms with Crippen molar-refractivity contribution >= 4 is 5.91 Å². The minimum Gasteiger partial charge on any atom is -0.337 e. The standard InChI is InChI=1S/C15H22F9NO/c1-3-5-7-9-25(10-8-6-4-2)11(26)12(16,17)13(18,19)14(20,21)15(22,23)24/h3-10H2,1-2H3. The zero-order chi connectivity index (χ0) is 20.8. The minimum atomic E-state index is -7.06. The van der Waals surface area contributed by atoms with Crippen molar-refractivity contribution in [3.63, 3.8) is 0 Å². The van der Waals surface area contributed by atoms with Crippen LogP contribution >= 0.6 is 0 Å². The third kappa shape index (κ3) is 5.18. The number of nitrogens with zero attached hydrogens (tertiary/aromatic N) is 1. The molecule has 0 saturated carbocycles. The van der Waals surface area contributed by atoms with Gasteiger partial charge in [0.15, 0.2) is 0 Å². The first kappa shape index (κ1) is 24.8. The molecule has 0 unspecified atom stereocenters. The molecule has 0 N–H and O–H groups in total. The Hall–Kier alpha value is -1.16. The number of halogens is 9. The Bertz CT molecular complexity index is 439. The van der Waals surface area contributed by atoms with E-state index in [9.17, 15) is 44.3 Å². The molecule has 0 aromatic heterocycles. The first-order valence-electron chi connectivity index (χ1n) is 8.18. The van der Waals surface area contributed by atoms with Gasteiger partial charge in [0.1, 0.15) is 0 Å². The quantitative estimate of drug-likeness (QED) is 0.322. The zero-order valence-electron chi connectivity index (χ0n) is 14.4. The second-order valence-electron chi connectivity index (χ2n) is 5.93. The molecule has 26 heavy (non-hydrogen) atoms. The summed E-state index contributed by atoms with van der Waals surface area (Å²) in [5, 5.41) is 0. The van der Waals surface area contributed by atoms with Crippen molar-refractivity contribution in [2.45, 2.75) is 76.3 Å². The van der Waals surface area contributed by atoms with Crippen LogP contribution in [0.3, 0.4) is 0 Å². The van der Waals surface area contributed by atoms with E-state index in [1.807, 2.05) is 0 Å². The molecule has 0 spiro atoms. The van der Waals surface area contributed by atoms with E-state index in [2.05, 4.69) is 0 Å². The molecule has 0 bridgehead atoms. The van der Waals surface area contributed by atoms with Crippen molar-refractivity contribution in [2.75, 3.05) is 13.1 Å². The van der Waals surface area contributed by atoms with Gasteiger partial charge >= 0.3 is 23.9 Å². The van der Waals surface area contributed by atoms with Crippen LogP contribution in [0, 0.1) is 0 Å². The van der Waals surface area contributed by atoms with E-state index in [1.54, 1.807) is 13.8 Å². The Kier molecular flexibility index (Phi) is 8.75. The fourth-order valence-corrected chi connectivity index (χ4v) is 2.13. The van der Waals surface area contributed by atoms with E-state index < -0.39 is 42.9 Å². The molecule has 0 radical (unpaired) electrons. The maximum absolute atomic E-state index is 13.8. The minimum absolute atomic E-state index is 0.131. The van der Waals surface area contributed by atoms with Crippen molar-refractivity contribution in [1.29, 1.82) is 0 Å². The van der Waals surface area contributed by atoms with Crippen molar-refractivity contribution < 1.29 is 44.3 Å². The number of rotatable bonds is 11. The van der Waals surface area contributed by atoms with Crippen LogP contribution in [-0.4, -0.2) is 47.8 Å². The fraction of sp³-hybridized carbons (Fsp3) is 0.933. The molecule has 0 aromatic rings. The predicted octanol–water partition coefficient (Wildman–Crippen LogP) is 5.66. The first-order chi connectivity index (χ1) is 11.7. The lowest BCUT2D eigenvalue weighted by molar-refractivity contribution is -0.389. The first-order valence-corrected chi connectivity index (χ1v) is 8.18. The number of unbranched alkanes of at least 4 members (excludes halogenated alkanes) is 4. The number of carbonyl (C=O) groups excluding carboxylic acids is 1. The number of amides is 1. The third-order valence-corrected chi connectivity index (χ3v) is 3.76. The van der Waals surface area contributed by atoms with Gasteiger partial charge in [-0.25, -0.2) is 0 Å². The summed E-state index contributed by atoms with van der Waals surface area (Å²) in [6.07, 6.45) is -4.60. The van der Waals surface area contributed by atoms with Crippen molar-refractivity contribution in [2.24, 2.45) is 0 Å². The van der Waals surface area contributed by atoms with E-state index in [0.29, 0.717) is 25.7 Å². The van der Waals surface area contributed by atoms with Crippen LogP contribution in [0.1, 0.15) is 52.4 Å². The van der Waals surface area contributed by atoms with E-state index in [1.165, 1.54) is 0 Å². The van der Waals surface area contributed by atoms with Gasteiger partial charge in [0.2, 0.25) is 0 Å². The molecule has 0 heterocycles. The highest BCUT2D eigenvalue weighted by Gasteiger charge is 2.84. The van der Waals surface area contributed by atoms with E-state index in [0.717, 1.165) is 0 Å². The summed E-state index contributed by atoms with van der Waals surface area (Å²) in [6, 6.07) is 0. The lowest BCUT2D eigenvalue weighted by atomic mass is 10.0. The van der Waals surface area contributed by atoms with Crippen LogP contribution in [0.4, 0.5) is 39.5 Å². The number of hydrogen-bond acceptors (Lipinski definition) is 1. The Morgan fingerprint density at radius 2 is 1.08 bits per heavy atom. The molecule has 0 aromatic carbocycles. The summed E-state index contributed by atoms with van der Waals surface area (Å²) in [5.74, 6) is -22.9. The van der Waals surface area contributed by atoms with Gasteiger partial charge in [0.25, 0.3) is 5.91 Å². The number of hydrogen-bond donors (Lipinski definition) is 0. The van der Waals surface area contributed by atoms with Gasteiger partial charge < -0.3 is 4.90 Å². The average Bonchev–Trinajstić information content (AvgIpc) is 2.51. The topological polar surface area (TPSA) is 20.3 Å². The molecule has 0 aliphatic heterocycles. The Morgan fingerprint density at radius 3 is 1.38 bits per heavy atom. The van der Waals surface area contributed by atoms with Crippen LogP contribution < -0.4 is 0 Å². The van der Waals surface area contributed by atoms with Crippen LogP contribution in [0.25, 0.3) is 0 Å². The normalized spacial score (nSPS) is 13.8. The summed E-state index contributed by atoms with van der Waals surface area (Å²) in [5.41, 5.74) is 0. The molecule has 0 aliphatic carbocycles. The van der Waals surface area contributed by atoms with Gasteiger partial charge in [-0.15, -0.1) is 0 Å². The van der Waals surface area contributed by atoms with Gasteiger partial charge in [-0.3, -0.25) is 4.79 Å². The van der Waals surface area contributed by atoms with Gasteiger partial charge in [-0.1, -0.05) is 39.5 Å². The molecule has 0 atom stereocenters. The Balaban J connectivity index is 5.60. The lowest BCUT2D eigenvalue weighted by Gasteiger charge is -2.35. The van der Waals surface area contributed by atoms with Crippen molar-refractivity contribution in [3.05, 3.63) is 0 Å². The highest BCUT2D eigenvalue weighted by molar-refractivity contribution is 5.85. The third-order valence-electron chi connectivity index (χ3n) is 3.76. The smallest absolute Gasteiger partial charge is 0.337 e. The largest absolute Gasteiger partial charge is 0.460 e. The van der Waals surface area contributed by atoms with Crippen molar-refractivity contribution in [1.82, 2.24) is 4.90 Å². The highest BCUT2D eigenvalue weighted by Crippen LogP contribution is 2.53. The molecule has 1 amide bonds. The fourth-order valence-electron chi connectivity index (χ4n) is 2.13. The van der Waals surface area contributed by atoms with Gasteiger partial charge in [-0.05, 0) is 12.8 Å². The Labute approximate surface area is 145 Å². The summed E-state index contributed by atoms with van der Waals surface area (Å²) in [6.45, 7) is 2.60. The molecule has 11 heteroatoms. The van der Waals surface area contributed by atoms with Crippen LogP contribution in [0.5, 0.6) is 0 Å². The maximum Gasteiger partial charge on any atom is 0.460 e. The molecule has 0 saturated heterocycles. The zero-order valence-corrected chi connectivity index (χ0v) is 14.4.